The summed E-state index contributed by atoms with van der Waals surface area (Å²) in [5, 5.41) is 13.8. The predicted octanol–water partition coefficient (Wildman–Crippen LogP) is 4.73. The van der Waals surface area contributed by atoms with Gasteiger partial charge in [-0.05, 0) is 49.2 Å². The minimum absolute atomic E-state index is 0.128. The van der Waals surface area contributed by atoms with Crippen molar-refractivity contribution in [1.82, 2.24) is 9.38 Å². The van der Waals surface area contributed by atoms with Crippen LogP contribution in [0, 0.1) is 25.2 Å². The third-order valence-electron chi connectivity index (χ3n) is 4.70. The van der Waals surface area contributed by atoms with Crippen molar-refractivity contribution in [3.8, 4) is 17.3 Å². The van der Waals surface area contributed by atoms with Crippen LogP contribution in [0.2, 0.25) is 0 Å². The van der Waals surface area contributed by atoms with Gasteiger partial charge in [0.15, 0.2) is 4.96 Å². The molecule has 0 spiro atoms. The van der Waals surface area contributed by atoms with E-state index in [0.717, 1.165) is 21.9 Å². The SMILES string of the molecule is Cc1ccc(-c2cn3c(CC(=O)Nc4cccc(C#N)c4)csc3n2)cc1C. The number of nitrogens with one attached hydrogen (secondary N) is 1. The first kappa shape index (κ1) is 18.0. The second kappa shape index (κ2) is 7.29. The number of rotatable bonds is 4. The lowest BCUT2D eigenvalue weighted by atomic mass is 10.0. The third-order valence-corrected chi connectivity index (χ3v) is 5.59. The zero-order valence-electron chi connectivity index (χ0n) is 15.6. The molecule has 0 unspecified atom stereocenters. The molecule has 0 radical (unpaired) electrons. The number of thiazole rings is 1. The Morgan fingerprint density at radius 1 is 1.21 bits per heavy atom. The number of hydrogen-bond donors (Lipinski definition) is 1. The summed E-state index contributed by atoms with van der Waals surface area (Å²) < 4.78 is 1.97. The van der Waals surface area contributed by atoms with Crippen molar-refractivity contribution in [2.75, 3.05) is 5.32 Å². The van der Waals surface area contributed by atoms with Crippen molar-refractivity contribution in [2.24, 2.45) is 0 Å². The van der Waals surface area contributed by atoms with E-state index < -0.39 is 0 Å². The maximum absolute atomic E-state index is 12.5. The van der Waals surface area contributed by atoms with E-state index in [0.29, 0.717) is 11.3 Å². The van der Waals surface area contributed by atoms with Gasteiger partial charge in [-0.3, -0.25) is 9.20 Å². The molecule has 5 nitrogen and oxygen atoms in total. The van der Waals surface area contributed by atoms with Gasteiger partial charge in [0.05, 0.1) is 23.7 Å². The second-order valence-electron chi connectivity index (χ2n) is 6.72. The van der Waals surface area contributed by atoms with Crippen molar-refractivity contribution in [2.45, 2.75) is 20.3 Å². The van der Waals surface area contributed by atoms with Gasteiger partial charge in [0.2, 0.25) is 5.91 Å². The van der Waals surface area contributed by atoms with Crippen LogP contribution in [-0.4, -0.2) is 15.3 Å². The highest BCUT2D eigenvalue weighted by Gasteiger charge is 2.13. The Bertz CT molecular complexity index is 1230. The van der Waals surface area contributed by atoms with Gasteiger partial charge in [0, 0.05) is 28.5 Å². The van der Waals surface area contributed by atoms with Crippen molar-refractivity contribution in [3.05, 3.63) is 76.4 Å². The van der Waals surface area contributed by atoms with Gasteiger partial charge >= 0.3 is 0 Å². The Balaban J connectivity index is 1.56. The van der Waals surface area contributed by atoms with Gasteiger partial charge in [0.1, 0.15) is 0 Å². The van der Waals surface area contributed by atoms with E-state index in [2.05, 4.69) is 43.4 Å². The number of fused-ring (bicyclic) bond motifs is 1. The summed E-state index contributed by atoms with van der Waals surface area (Å²) in [6, 6.07) is 15.3. The summed E-state index contributed by atoms with van der Waals surface area (Å²) in [5.74, 6) is -0.128. The number of carbonyl (C=O) groups is 1. The Kier molecular flexibility index (Phi) is 4.68. The first-order valence-electron chi connectivity index (χ1n) is 8.86. The molecule has 4 aromatic rings. The number of hydrogen-bond acceptors (Lipinski definition) is 4. The molecule has 2 heterocycles. The number of imidazole rings is 1. The van der Waals surface area contributed by atoms with E-state index in [1.165, 1.54) is 22.5 Å². The predicted molar refractivity (Wildman–Crippen MR) is 111 cm³/mol. The van der Waals surface area contributed by atoms with Crippen LogP contribution in [0.15, 0.2) is 54.0 Å². The molecule has 2 aromatic carbocycles. The molecule has 28 heavy (non-hydrogen) atoms. The molecular formula is C22H18N4OS. The van der Waals surface area contributed by atoms with E-state index in [4.69, 9.17) is 10.2 Å². The molecule has 0 aliphatic carbocycles. The normalized spacial score (nSPS) is 10.8. The van der Waals surface area contributed by atoms with E-state index >= 15 is 0 Å². The van der Waals surface area contributed by atoms with Gasteiger partial charge in [-0.2, -0.15) is 5.26 Å². The zero-order valence-corrected chi connectivity index (χ0v) is 16.4. The highest BCUT2D eigenvalue weighted by atomic mass is 32.1. The monoisotopic (exact) mass is 386 g/mol. The van der Waals surface area contributed by atoms with Gasteiger partial charge in [-0.1, -0.05) is 18.2 Å². The summed E-state index contributed by atoms with van der Waals surface area (Å²) in [7, 11) is 0. The van der Waals surface area contributed by atoms with Gasteiger partial charge < -0.3 is 5.32 Å². The third kappa shape index (κ3) is 3.53. The molecule has 0 saturated heterocycles. The number of anilines is 1. The quantitative estimate of drug-likeness (QED) is 0.551. The fraction of sp³-hybridized carbons (Fsp3) is 0.136. The maximum Gasteiger partial charge on any atom is 0.230 e. The first-order valence-corrected chi connectivity index (χ1v) is 9.74. The highest BCUT2D eigenvalue weighted by molar-refractivity contribution is 7.15. The Hall–Kier alpha value is -3.43. The van der Waals surface area contributed by atoms with Crippen LogP contribution in [0.25, 0.3) is 16.2 Å². The molecule has 0 aliphatic heterocycles. The molecule has 1 N–H and O–H groups in total. The van der Waals surface area contributed by atoms with E-state index in [1.807, 2.05) is 16.0 Å². The molecular weight excluding hydrogens is 368 g/mol. The zero-order chi connectivity index (χ0) is 19.7. The van der Waals surface area contributed by atoms with Crippen molar-refractivity contribution in [1.29, 1.82) is 5.26 Å². The molecule has 1 amide bonds. The molecule has 0 bridgehead atoms. The number of aromatic nitrogens is 2. The van der Waals surface area contributed by atoms with Crippen molar-refractivity contribution < 1.29 is 4.79 Å². The summed E-state index contributed by atoms with van der Waals surface area (Å²) in [5.41, 5.74) is 6.48. The number of carbonyl (C=O) groups excluding carboxylic acids is 1. The van der Waals surface area contributed by atoms with Crippen molar-refractivity contribution >= 4 is 27.9 Å². The molecule has 0 fully saturated rings. The molecule has 0 atom stereocenters. The fourth-order valence-corrected chi connectivity index (χ4v) is 3.91. The first-order chi connectivity index (χ1) is 13.5. The van der Waals surface area contributed by atoms with Crippen LogP contribution in [0.3, 0.4) is 0 Å². The van der Waals surface area contributed by atoms with Crippen LogP contribution in [0.4, 0.5) is 5.69 Å². The van der Waals surface area contributed by atoms with Crippen LogP contribution in [-0.2, 0) is 11.2 Å². The minimum atomic E-state index is -0.128. The van der Waals surface area contributed by atoms with Crippen LogP contribution >= 0.6 is 11.3 Å². The van der Waals surface area contributed by atoms with E-state index in [-0.39, 0.29) is 12.3 Å². The number of amides is 1. The minimum Gasteiger partial charge on any atom is -0.326 e. The number of nitriles is 1. The summed E-state index contributed by atoms with van der Waals surface area (Å²) in [6.45, 7) is 4.18. The van der Waals surface area contributed by atoms with Gasteiger partial charge in [-0.15, -0.1) is 11.3 Å². The molecule has 0 saturated carbocycles. The second-order valence-corrected chi connectivity index (χ2v) is 7.56. The summed E-state index contributed by atoms with van der Waals surface area (Å²) in [6.07, 6.45) is 2.22. The topological polar surface area (TPSA) is 70.2 Å². The average Bonchev–Trinajstić information content (AvgIpc) is 3.26. The van der Waals surface area contributed by atoms with Gasteiger partial charge in [0.25, 0.3) is 0 Å². The maximum atomic E-state index is 12.5. The fourth-order valence-electron chi connectivity index (χ4n) is 3.03. The lowest BCUT2D eigenvalue weighted by Gasteiger charge is -2.05. The lowest BCUT2D eigenvalue weighted by molar-refractivity contribution is -0.115. The Morgan fingerprint density at radius 3 is 2.86 bits per heavy atom. The Morgan fingerprint density at radius 2 is 2.07 bits per heavy atom. The standard InChI is InChI=1S/C22H18N4OS/c1-14-6-7-17(8-15(14)2)20-12-26-19(13-28-22(26)25-20)10-21(27)24-18-5-3-4-16(9-18)11-23/h3-9,12-13H,10H2,1-2H3,(H,24,27). The van der Waals surface area contributed by atoms with E-state index in [9.17, 15) is 4.79 Å². The summed E-state index contributed by atoms with van der Waals surface area (Å²) >= 11 is 1.52. The van der Waals surface area contributed by atoms with E-state index in [1.54, 1.807) is 24.3 Å². The number of aryl methyl sites for hydroxylation is 2. The smallest absolute Gasteiger partial charge is 0.230 e. The summed E-state index contributed by atoms with van der Waals surface area (Å²) in [4.78, 5) is 18.0. The molecule has 138 valence electrons. The largest absolute Gasteiger partial charge is 0.326 e. The van der Waals surface area contributed by atoms with Crippen LogP contribution in [0.5, 0.6) is 0 Å². The molecule has 0 aliphatic rings. The Labute approximate surface area is 166 Å². The number of benzene rings is 2. The number of nitrogens with zero attached hydrogens (tertiary/aromatic N) is 3. The molecule has 4 rings (SSSR count). The average molecular weight is 386 g/mol. The molecule has 2 aromatic heterocycles. The van der Waals surface area contributed by atoms with Gasteiger partial charge in [-0.25, -0.2) is 4.98 Å². The molecule has 6 heteroatoms. The van der Waals surface area contributed by atoms with Crippen LogP contribution < -0.4 is 5.32 Å². The lowest BCUT2D eigenvalue weighted by Crippen LogP contribution is -2.15. The van der Waals surface area contributed by atoms with Crippen LogP contribution in [0.1, 0.15) is 22.4 Å². The highest BCUT2D eigenvalue weighted by Crippen LogP contribution is 2.25. The van der Waals surface area contributed by atoms with Crippen molar-refractivity contribution in [3.63, 3.8) is 0 Å².